The van der Waals surface area contributed by atoms with Crippen LogP contribution >= 0.6 is 0 Å². The van der Waals surface area contributed by atoms with Gasteiger partial charge in [-0.3, -0.25) is 0 Å². The van der Waals surface area contributed by atoms with Crippen LogP contribution in [0.3, 0.4) is 0 Å². The van der Waals surface area contributed by atoms with E-state index in [9.17, 15) is 9.90 Å². The predicted molar refractivity (Wildman–Crippen MR) is 112 cm³/mol. The molecule has 0 radical (unpaired) electrons. The minimum atomic E-state index is -1.08. The van der Waals surface area contributed by atoms with Crippen LogP contribution in [0.15, 0.2) is 12.2 Å². The Labute approximate surface area is 163 Å². The van der Waals surface area contributed by atoms with Crippen molar-refractivity contribution in [1.82, 2.24) is 0 Å². The Bertz CT molecular complexity index is 309. The molecule has 0 fully saturated rings. The molecule has 0 aliphatic heterocycles. The van der Waals surface area contributed by atoms with Gasteiger partial charge in [-0.05, 0) is 18.9 Å². The number of carboxylic acid groups (broad SMARTS) is 1. The Morgan fingerprint density at radius 1 is 0.577 bits per heavy atom. The van der Waals surface area contributed by atoms with Gasteiger partial charge in [-0.25, -0.2) is 0 Å². The summed E-state index contributed by atoms with van der Waals surface area (Å²) in [6.07, 6.45) is 30.1. The van der Waals surface area contributed by atoms with E-state index in [0.717, 1.165) is 18.9 Å². The second-order valence-electron chi connectivity index (χ2n) is 7.87. The molecular weight excluding hydrogens is 320 g/mol. The van der Waals surface area contributed by atoms with E-state index in [4.69, 9.17) is 0 Å². The number of carbonyl (C=O) groups is 1. The number of hydrogen-bond donors (Lipinski definition) is 0. The van der Waals surface area contributed by atoms with Crippen LogP contribution in [0.5, 0.6) is 0 Å². The molecule has 26 heavy (non-hydrogen) atoms. The molecule has 0 unspecified atom stereocenters. The van der Waals surface area contributed by atoms with Gasteiger partial charge in [0, 0.05) is 0 Å². The minimum absolute atomic E-state index is 0.868. The Kier molecular flexibility index (Phi) is 21.6. The van der Waals surface area contributed by atoms with Crippen LogP contribution in [0.4, 0.5) is 0 Å². The maximum absolute atomic E-state index is 10.2. The SMILES string of the molecule is CCCCCCCCCCCCCCCCCCCCC/C=C/C(=O)[O-]. The Balaban J connectivity index is 3.02. The average molecular weight is 366 g/mol. The molecule has 0 amide bonds. The first-order valence-corrected chi connectivity index (χ1v) is 11.6. The van der Waals surface area contributed by atoms with Gasteiger partial charge in [0.15, 0.2) is 0 Å². The summed E-state index contributed by atoms with van der Waals surface area (Å²) in [5.41, 5.74) is 0. The number of allylic oxidation sites excluding steroid dienone is 1. The first-order chi connectivity index (χ1) is 12.8. The number of rotatable bonds is 21. The molecule has 154 valence electrons. The lowest BCUT2D eigenvalue weighted by Crippen LogP contribution is -2.18. The van der Waals surface area contributed by atoms with E-state index < -0.39 is 5.97 Å². The lowest BCUT2D eigenvalue weighted by atomic mass is 10.0. The topological polar surface area (TPSA) is 40.1 Å². The highest BCUT2D eigenvalue weighted by atomic mass is 16.4. The van der Waals surface area contributed by atoms with Crippen LogP contribution in [-0.2, 0) is 4.79 Å². The fourth-order valence-corrected chi connectivity index (χ4v) is 3.52. The third-order valence-corrected chi connectivity index (χ3v) is 5.23. The van der Waals surface area contributed by atoms with Gasteiger partial charge in [0.05, 0.1) is 5.97 Å². The van der Waals surface area contributed by atoms with Gasteiger partial charge in [0.2, 0.25) is 0 Å². The van der Waals surface area contributed by atoms with E-state index in [1.54, 1.807) is 6.08 Å². The standard InChI is InChI=1S/C24H46O2/c1-2-3-4-5-6-7-8-9-10-11-12-13-14-15-16-17-18-19-20-21-22-23-24(25)26/h22-23H,2-21H2,1H3,(H,25,26)/p-1/b23-22+. The maximum Gasteiger partial charge on any atom is 0.0639 e. The molecule has 0 rings (SSSR count). The van der Waals surface area contributed by atoms with Gasteiger partial charge in [-0.2, -0.15) is 0 Å². The molecule has 0 heterocycles. The molecule has 0 saturated heterocycles. The van der Waals surface area contributed by atoms with Gasteiger partial charge in [-0.1, -0.05) is 129 Å². The summed E-state index contributed by atoms with van der Waals surface area (Å²) in [4.78, 5) is 10.2. The molecule has 0 aromatic heterocycles. The lowest BCUT2D eigenvalue weighted by Gasteiger charge is -2.03. The van der Waals surface area contributed by atoms with E-state index in [1.165, 1.54) is 116 Å². The highest BCUT2D eigenvalue weighted by molar-refractivity contribution is 5.77. The lowest BCUT2D eigenvalue weighted by molar-refractivity contribution is -0.297. The largest absolute Gasteiger partial charge is 0.545 e. The highest BCUT2D eigenvalue weighted by Crippen LogP contribution is 2.14. The third-order valence-electron chi connectivity index (χ3n) is 5.23. The molecule has 0 aromatic rings. The molecule has 0 atom stereocenters. The van der Waals surface area contributed by atoms with Crippen molar-refractivity contribution in [1.29, 1.82) is 0 Å². The first kappa shape index (κ1) is 25.2. The van der Waals surface area contributed by atoms with Crippen LogP contribution in [0.1, 0.15) is 135 Å². The summed E-state index contributed by atoms with van der Waals surface area (Å²) in [5.74, 6) is -1.08. The Hall–Kier alpha value is -0.790. The van der Waals surface area contributed by atoms with Crippen molar-refractivity contribution < 1.29 is 9.90 Å². The van der Waals surface area contributed by atoms with E-state index in [0.29, 0.717) is 0 Å². The molecule has 0 aliphatic carbocycles. The van der Waals surface area contributed by atoms with E-state index in [2.05, 4.69) is 6.92 Å². The summed E-state index contributed by atoms with van der Waals surface area (Å²) in [7, 11) is 0. The fraction of sp³-hybridized carbons (Fsp3) is 0.875. The van der Waals surface area contributed by atoms with Crippen molar-refractivity contribution in [2.75, 3.05) is 0 Å². The van der Waals surface area contributed by atoms with Crippen molar-refractivity contribution in [2.45, 2.75) is 135 Å². The number of unbranched alkanes of at least 4 members (excludes halogenated alkanes) is 19. The minimum Gasteiger partial charge on any atom is -0.545 e. The second-order valence-corrected chi connectivity index (χ2v) is 7.87. The molecule has 0 spiro atoms. The summed E-state index contributed by atoms with van der Waals surface area (Å²) in [5, 5.41) is 10.2. The molecular formula is C24H45O2-. The van der Waals surface area contributed by atoms with Crippen molar-refractivity contribution in [3.63, 3.8) is 0 Å². The number of aliphatic carboxylic acids is 1. The summed E-state index contributed by atoms with van der Waals surface area (Å²) in [6, 6.07) is 0. The quantitative estimate of drug-likeness (QED) is 0.160. The molecule has 0 N–H and O–H groups in total. The third kappa shape index (κ3) is 23.2. The number of carboxylic acids is 1. The van der Waals surface area contributed by atoms with Crippen molar-refractivity contribution in [2.24, 2.45) is 0 Å². The average Bonchev–Trinajstić information content (AvgIpc) is 2.62. The van der Waals surface area contributed by atoms with Crippen LogP contribution in [0, 0.1) is 0 Å². The normalized spacial score (nSPS) is 11.4. The van der Waals surface area contributed by atoms with Crippen molar-refractivity contribution in [3.8, 4) is 0 Å². The van der Waals surface area contributed by atoms with Crippen molar-refractivity contribution >= 4 is 5.97 Å². The number of hydrogen-bond acceptors (Lipinski definition) is 2. The Morgan fingerprint density at radius 2 is 0.885 bits per heavy atom. The summed E-state index contributed by atoms with van der Waals surface area (Å²) < 4.78 is 0. The highest BCUT2D eigenvalue weighted by Gasteiger charge is 1.95. The van der Waals surface area contributed by atoms with Gasteiger partial charge in [0.25, 0.3) is 0 Å². The second kappa shape index (κ2) is 22.3. The monoisotopic (exact) mass is 365 g/mol. The first-order valence-electron chi connectivity index (χ1n) is 11.6. The van der Waals surface area contributed by atoms with Crippen LogP contribution < -0.4 is 5.11 Å². The van der Waals surface area contributed by atoms with E-state index >= 15 is 0 Å². The fourth-order valence-electron chi connectivity index (χ4n) is 3.52. The molecule has 2 heteroatoms. The summed E-state index contributed by atoms with van der Waals surface area (Å²) >= 11 is 0. The summed E-state index contributed by atoms with van der Waals surface area (Å²) in [6.45, 7) is 2.28. The maximum atomic E-state index is 10.2. The number of carbonyl (C=O) groups excluding carboxylic acids is 1. The smallest absolute Gasteiger partial charge is 0.0639 e. The van der Waals surface area contributed by atoms with E-state index in [-0.39, 0.29) is 0 Å². The zero-order chi connectivity index (χ0) is 19.1. The van der Waals surface area contributed by atoms with Gasteiger partial charge < -0.3 is 9.90 Å². The predicted octanol–water partition coefficient (Wildman–Crippen LogP) is 7.11. The molecule has 0 saturated carbocycles. The van der Waals surface area contributed by atoms with Gasteiger partial charge in [0.1, 0.15) is 0 Å². The van der Waals surface area contributed by atoms with Gasteiger partial charge >= 0.3 is 0 Å². The Morgan fingerprint density at radius 3 is 1.19 bits per heavy atom. The molecule has 0 bridgehead atoms. The molecule has 0 aliphatic rings. The van der Waals surface area contributed by atoms with E-state index in [1.807, 2.05) is 0 Å². The van der Waals surface area contributed by atoms with Crippen LogP contribution in [-0.4, -0.2) is 5.97 Å². The van der Waals surface area contributed by atoms with Crippen molar-refractivity contribution in [3.05, 3.63) is 12.2 Å². The zero-order valence-electron chi connectivity index (χ0n) is 17.6. The molecule has 2 nitrogen and oxygen atoms in total. The van der Waals surface area contributed by atoms with Gasteiger partial charge in [-0.15, -0.1) is 0 Å². The van der Waals surface area contributed by atoms with Crippen LogP contribution in [0.2, 0.25) is 0 Å². The van der Waals surface area contributed by atoms with Crippen LogP contribution in [0.25, 0.3) is 0 Å². The zero-order valence-corrected chi connectivity index (χ0v) is 17.6. The molecule has 0 aromatic carbocycles.